The zero-order valence-corrected chi connectivity index (χ0v) is 9.56. The van der Waals surface area contributed by atoms with Gasteiger partial charge in [0.2, 0.25) is 0 Å². The molecule has 2 unspecified atom stereocenters. The SMILES string of the molecule is CC1OCCC1NCCOc1cccnc1. The highest BCUT2D eigenvalue weighted by Crippen LogP contribution is 2.12. The van der Waals surface area contributed by atoms with Gasteiger partial charge in [0.15, 0.2) is 0 Å². The Hall–Kier alpha value is -1.13. The Bertz CT molecular complexity index is 305. The van der Waals surface area contributed by atoms with Gasteiger partial charge < -0.3 is 14.8 Å². The Morgan fingerprint density at radius 3 is 3.25 bits per heavy atom. The zero-order valence-electron chi connectivity index (χ0n) is 9.56. The Morgan fingerprint density at radius 1 is 1.62 bits per heavy atom. The van der Waals surface area contributed by atoms with E-state index in [4.69, 9.17) is 9.47 Å². The van der Waals surface area contributed by atoms with E-state index in [1.54, 1.807) is 12.4 Å². The highest BCUT2D eigenvalue weighted by atomic mass is 16.5. The van der Waals surface area contributed by atoms with Gasteiger partial charge in [-0.3, -0.25) is 4.98 Å². The van der Waals surface area contributed by atoms with Crippen molar-refractivity contribution in [2.24, 2.45) is 0 Å². The standard InChI is InChI=1S/C12H18N2O2/c1-10-12(4-7-15-10)14-6-8-16-11-3-2-5-13-9-11/h2-3,5,9-10,12,14H,4,6-8H2,1H3. The van der Waals surface area contributed by atoms with E-state index in [-0.39, 0.29) is 0 Å². The van der Waals surface area contributed by atoms with E-state index >= 15 is 0 Å². The van der Waals surface area contributed by atoms with Gasteiger partial charge in [-0.1, -0.05) is 0 Å². The quantitative estimate of drug-likeness (QED) is 0.761. The highest BCUT2D eigenvalue weighted by molar-refractivity contribution is 5.15. The first-order valence-electron chi connectivity index (χ1n) is 5.74. The molecule has 1 aromatic rings. The second-order valence-electron chi connectivity index (χ2n) is 3.96. The first kappa shape index (κ1) is 11.4. The molecule has 88 valence electrons. The van der Waals surface area contributed by atoms with Gasteiger partial charge in [-0.2, -0.15) is 0 Å². The van der Waals surface area contributed by atoms with Gasteiger partial charge in [0.25, 0.3) is 0 Å². The average Bonchev–Trinajstić information content (AvgIpc) is 2.72. The summed E-state index contributed by atoms with van der Waals surface area (Å²) in [6.07, 6.45) is 4.87. The Balaban J connectivity index is 1.62. The molecule has 4 nitrogen and oxygen atoms in total. The van der Waals surface area contributed by atoms with E-state index in [1.165, 1.54) is 0 Å². The molecule has 0 radical (unpaired) electrons. The smallest absolute Gasteiger partial charge is 0.137 e. The number of nitrogens with zero attached hydrogens (tertiary/aromatic N) is 1. The van der Waals surface area contributed by atoms with Crippen LogP contribution in [0.2, 0.25) is 0 Å². The topological polar surface area (TPSA) is 43.4 Å². The third-order valence-electron chi connectivity index (χ3n) is 2.79. The van der Waals surface area contributed by atoms with Crippen LogP contribution in [0.15, 0.2) is 24.5 Å². The molecule has 1 aromatic heterocycles. The Kier molecular flexibility index (Phi) is 4.13. The molecule has 1 aliphatic rings. The molecule has 0 amide bonds. The first-order chi connectivity index (χ1) is 7.86. The first-order valence-corrected chi connectivity index (χ1v) is 5.74. The molecule has 4 heteroatoms. The third-order valence-corrected chi connectivity index (χ3v) is 2.79. The summed E-state index contributed by atoms with van der Waals surface area (Å²) in [5.74, 6) is 0.819. The Labute approximate surface area is 96.0 Å². The van der Waals surface area contributed by atoms with Crippen LogP contribution in [0.5, 0.6) is 5.75 Å². The second kappa shape index (κ2) is 5.82. The largest absolute Gasteiger partial charge is 0.491 e. The molecule has 1 aliphatic heterocycles. The number of rotatable bonds is 5. The van der Waals surface area contributed by atoms with Crippen molar-refractivity contribution in [1.82, 2.24) is 10.3 Å². The molecule has 2 atom stereocenters. The lowest BCUT2D eigenvalue weighted by Gasteiger charge is -2.15. The molecule has 2 rings (SSSR count). The molecule has 0 aliphatic carbocycles. The van der Waals surface area contributed by atoms with Gasteiger partial charge >= 0.3 is 0 Å². The van der Waals surface area contributed by atoms with Crippen molar-refractivity contribution >= 4 is 0 Å². The second-order valence-corrected chi connectivity index (χ2v) is 3.96. The number of nitrogens with one attached hydrogen (secondary N) is 1. The minimum absolute atomic E-state index is 0.318. The summed E-state index contributed by atoms with van der Waals surface area (Å²) >= 11 is 0. The summed E-state index contributed by atoms with van der Waals surface area (Å²) in [4.78, 5) is 3.99. The number of aromatic nitrogens is 1. The van der Waals surface area contributed by atoms with Gasteiger partial charge in [-0.05, 0) is 25.5 Å². The summed E-state index contributed by atoms with van der Waals surface area (Å²) in [5, 5.41) is 3.43. The van der Waals surface area contributed by atoms with Crippen LogP contribution in [0.25, 0.3) is 0 Å². The number of hydrogen-bond acceptors (Lipinski definition) is 4. The molecular formula is C12H18N2O2. The molecule has 0 aromatic carbocycles. The summed E-state index contributed by atoms with van der Waals surface area (Å²) in [5.41, 5.74) is 0. The van der Waals surface area contributed by atoms with Crippen molar-refractivity contribution in [2.45, 2.75) is 25.5 Å². The number of hydrogen-bond donors (Lipinski definition) is 1. The molecular weight excluding hydrogens is 204 g/mol. The van der Waals surface area contributed by atoms with Crippen LogP contribution >= 0.6 is 0 Å². The van der Waals surface area contributed by atoms with Crippen LogP contribution in [0.4, 0.5) is 0 Å². The van der Waals surface area contributed by atoms with Crippen molar-refractivity contribution in [3.63, 3.8) is 0 Å². The van der Waals surface area contributed by atoms with Crippen LogP contribution in [0.1, 0.15) is 13.3 Å². The van der Waals surface area contributed by atoms with Gasteiger partial charge in [-0.15, -0.1) is 0 Å². The minimum atomic E-state index is 0.318. The number of pyridine rings is 1. The maximum atomic E-state index is 5.54. The fraction of sp³-hybridized carbons (Fsp3) is 0.583. The maximum Gasteiger partial charge on any atom is 0.137 e. The average molecular weight is 222 g/mol. The van der Waals surface area contributed by atoms with Crippen molar-refractivity contribution in [3.05, 3.63) is 24.5 Å². The van der Waals surface area contributed by atoms with Gasteiger partial charge in [0.1, 0.15) is 12.4 Å². The summed E-state index contributed by atoms with van der Waals surface area (Å²) in [6, 6.07) is 4.25. The summed E-state index contributed by atoms with van der Waals surface area (Å²) in [6.45, 7) is 4.47. The maximum absolute atomic E-state index is 5.54. The van der Waals surface area contributed by atoms with Crippen LogP contribution in [-0.2, 0) is 4.74 Å². The van der Waals surface area contributed by atoms with E-state index in [2.05, 4.69) is 17.2 Å². The molecule has 1 saturated heterocycles. The van der Waals surface area contributed by atoms with Crippen LogP contribution in [-0.4, -0.2) is 36.9 Å². The van der Waals surface area contributed by atoms with Crippen LogP contribution in [0, 0.1) is 0 Å². The van der Waals surface area contributed by atoms with E-state index in [0.29, 0.717) is 18.8 Å². The lowest BCUT2D eigenvalue weighted by Crippen LogP contribution is -2.37. The van der Waals surface area contributed by atoms with E-state index < -0.39 is 0 Å². The van der Waals surface area contributed by atoms with Gasteiger partial charge in [0, 0.05) is 25.4 Å². The Morgan fingerprint density at radius 2 is 2.56 bits per heavy atom. The van der Waals surface area contributed by atoms with Crippen LogP contribution in [0.3, 0.4) is 0 Å². The number of ether oxygens (including phenoxy) is 2. The molecule has 0 bridgehead atoms. The third kappa shape index (κ3) is 3.18. The van der Waals surface area contributed by atoms with E-state index in [1.807, 2.05) is 12.1 Å². The monoisotopic (exact) mass is 222 g/mol. The molecule has 1 N–H and O–H groups in total. The van der Waals surface area contributed by atoms with Crippen molar-refractivity contribution < 1.29 is 9.47 Å². The predicted molar refractivity (Wildman–Crippen MR) is 61.6 cm³/mol. The predicted octanol–water partition coefficient (Wildman–Crippen LogP) is 1.23. The normalized spacial score (nSPS) is 24.6. The zero-order chi connectivity index (χ0) is 11.2. The van der Waals surface area contributed by atoms with Gasteiger partial charge in [-0.25, -0.2) is 0 Å². The molecule has 2 heterocycles. The molecule has 0 spiro atoms. The molecule has 16 heavy (non-hydrogen) atoms. The van der Waals surface area contributed by atoms with Crippen molar-refractivity contribution in [1.29, 1.82) is 0 Å². The fourth-order valence-electron chi connectivity index (χ4n) is 1.85. The van der Waals surface area contributed by atoms with Gasteiger partial charge in [0.05, 0.1) is 12.3 Å². The summed E-state index contributed by atoms with van der Waals surface area (Å²) < 4.78 is 11.0. The molecule has 1 fully saturated rings. The van der Waals surface area contributed by atoms with Crippen molar-refractivity contribution in [2.75, 3.05) is 19.8 Å². The minimum Gasteiger partial charge on any atom is -0.491 e. The summed E-state index contributed by atoms with van der Waals surface area (Å²) in [7, 11) is 0. The lowest BCUT2D eigenvalue weighted by molar-refractivity contribution is 0.112. The van der Waals surface area contributed by atoms with E-state index in [9.17, 15) is 0 Å². The van der Waals surface area contributed by atoms with Crippen molar-refractivity contribution in [3.8, 4) is 5.75 Å². The fourth-order valence-corrected chi connectivity index (χ4v) is 1.85. The lowest BCUT2D eigenvalue weighted by atomic mass is 10.1. The highest BCUT2D eigenvalue weighted by Gasteiger charge is 2.22. The van der Waals surface area contributed by atoms with Crippen LogP contribution < -0.4 is 10.1 Å². The molecule has 0 saturated carbocycles. The van der Waals surface area contributed by atoms with E-state index in [0.717, 1.165) is 25.3 Å².